The minimum Gasteiger partial charge on any atom is -0.356 e. The molecule has 8 heteroatoms. The molecule has 0 aliphatic rings. The molecule has 3 aromatic heterocycles. The van der Waals surface area contributed by atoms with Crippen molar-refractivity contribution in [3.8, 4) is 0 Å². The van der Waals surface area contributed by atoms with Gasteiger partial charge in [-0.25, -0.2) is 4.98 Å². The lowest BCUT2D eigenvalue weighted by Gasteiger charge is -2.07. The molecule has 0 saturated heterocycles. The number of fused-ring (bicyclic) bond motifs is 1. The van der Waals surface area contributed by atoms with E-state index < -0.39 is 0 Å². The van der Waals surface area contributed by atoms with Crippen molar-refractivity contribution in [2.45, 2.75) is 39.7 Å². The number of aryl methyl sites for hydroxylation is 5. The van der Waals surface area contributed by atoms with Gasteiger partial charge < -0.3 is 5.32 Å². The summed E-state index contributed by atoms with van der Waals surface area (Å²) >= 11 is 1.53. The number of hydrogen-bond acceptors (Lipinski definition) is 5. The third-order valence-corrected chi connectivity index (χ3v) is 5.57. The van der Waals surface area contributed by atoms with Crippen LogP contribution in [0.4, 0.5) is 0 Å². The van der Waals surface area contributed by atoms with E-state index in [9.17, 15) is 9.59 Å². The van der Waals surface area contributed by atoms with E-state index in [2.05, 4.69) is 15.4 Å². The van der Waals surface area contributed by atoms with Crippen LogP contribution in [-0.4, -0.2) is 31.8 Å². The average molecular weight is 373 g/mol. The molecule has 26 heavy (non-hydrogen) atoms. The van der Waals surface area contributed by atoms with Crippen LogP contribution in [0.1, 0.15) is 28.8 Å². The average Bonchev–Trinajstić information content (AvgIpc) is 3.15. The van der Waals surface area contributed by atoms with Gasteiger partial charge >= 0.3 is 0 Å². The molecule has 1 amide bonds. The zero-order valence-corrected chi connectivity index (χ0v) is 16.1. The molecule has 0 atom stereocenters. The van der Waals surface area contributed by atoms with Crippen LogP contribution in [0.3, 0.4) is 0 Å². The van der Waals surface area contributed by atoms with Crippen molar-refractivity contribution in [1.82, 2.24) is 24.6 Å². The van der Waals surface area contributed by atoms with Crippen molar-refractivity contribution in [3.05, 3.63) is 45.1 Å². The summed E-state index contributed by atoms with van der Waals surface area (Å²) in [7, 11) is 1.89. The monoisotopic (exact) mass is 373 g/mol. The predicted molar refractivity (Wildman–Crippen MR) is 103 cm³/mol. The van der Waals surface area contributed by atoms with E-state index in [4.69, 9.17) is 0 Å². The number of rotatable bonds is 7. The van der Waals surface area contributed by atoms with E-state index in [0.29, 0.717) is 18.5 Å². The second-order valence-corrected chi connectivity index (χ2v) is 7.64. The molecule has 1 N–H and O–H groups in total. The van der Waals surface area contributed by atoms with E-state index in [0.717, 1.165) is 33.7 Å². The Hall–Kier alpha value is -2.48. The Labute approximate surface area is 155 Å². The Morgan fingerprint density at radius 3 is 2.88 bits per heavy atom. The van der Waals surface area contributed by atoms with E-state index in [-0.39, 0.29) is 17.9 Å². The molecular formula is C18H23N5O2S. The highest BCUT2D eigenvalue weighted by molar-refractivity contribution is 7.18. The van der Waals surface area contributed by atoms with Crippen LogP contribution < -0.4 is 10.9 Å². The van der Waals surface area contributed by atoms with Crippen molar-refractivity contribution in [2.75, 3.05) is 6.54 Å². The SMILES string of the molecule is Cc1sc2ncn(CCC(=O)NCCCc3cnn(C)c3)c(=O)c2c1C. The maximum atomic E-state index is 12.6. The molecule has 3 rings (SSSR count). The van der Waals surface area contributed by atoms with Crippen molar-refractivity contribution < 1.29 is 4.79 Å². The summed E-state index contributed by atoms with van der Waals surface area (Å²) in [6.07, 6.45) is 7.36. The van der Waals surface area contributed by atoms with Gasteiger partial charge in [-0.15, -0.1) is 11.3 Å². The molecule has 0 bridgehead atoms. The Kier molecular flexibility index (Phi) is 5.51. The summed E-state index contributed by atoms with van der Waals surface area (Å²) in [5, 5.41) is 7.70. The fourth-order valence-electron chi connectivity index (χ4n) is 2.86. The van der Waals surface area contributed by atoms with Crippen molar-refractivity contribution >= 4 is 27.5 Å². The van der Waals surface area contributed by atoms with E-state index in [1.165, 1.54) is 22.2 Å². The zero-order chi connectivity index (χ0) is 18.7. The van der Waals surface area contributed by atoms with Crippen LogP contribution >= 0.6 is 11.3 Å². The maximum absolute atomic E-state index is 12.6. The first-order valence-electron chi connectivity index (χ1n) is 8.65. The summed E-state index contributed by atoms with van der Waals surface area (Å²) in [5.74, 6) is -0.0543. The van der Waals surface area contributed by atoms with Gasteiger partial charge in [-0.2, -0.15) is 5.10 Å². The van der Waals surface area contributed by atoms with Crippen LogP contribution in [0.25, 0.3) is 10.2 Å². The summed E-state index contributed by atoms with van der Waals surface area (Å²) in [6.45, 7) is 4.88. The molecule has 7 nitrogen and oxygen atoms in total. The lowest BCUT2D eigenvalue weighted by Crippen LogP contribution is -2.28. The van der Waals surface area contributed by atoms with Gasteiger partial charge in [0.15, 0.2) is 0 Å². The molecule has 138 valence electrons. The highest BCUT2D eigenvalue weighted by Gasteiger charge is 2.12. The highest BCUT2D eigenvalue weighted by atomic mass is 32.1. The topological polar surface area (TPSA) is 81.8 Å². The van der Waals surface area contributed by atoms with Gasteiger partial charge in [-0.05, 0) is 37.8 Å². The van der Waals surface area contributed by atoms with Crippen LogP contribution in [0, 0.1) is 13.8 Å². The molecular weight excluding hydrogens is 350 g/mol. The Bertz CT molecular complexity index is 985. The van der Waals surface area contributed by atoms with Gasteiger partial charge in [0.25, 0.3) is 5.56 Å². The lowest BCUT2D eigenvalue weighted by molar-refractivity contribution is -0.121. The van der Waals surface area contributed by atoms with Gasteiger partial charge in [0.2, 0.25) is 5.91 Å². The summed E-state index contributed by atoms with van der Waals surface area (Å²) < 4.78 is 3.30. The van der Waals surface area contributed by atoms with Crippen molar-refractivity contribution in [1.29, 1.82) is 0 Å². The number of amides is 1. The highest BCUT2D eigenvalue weighted by Crippen LogP contribution is 2.25. The predicted octanol–water partition coefficient (Wildman–Crippen LogP) is 1.95. The second-order valence-electron chi connectivity index (χ2n) is 6.43. The molecule has 0 unspecified atom stereocenters. The Morgan fingerprint density at radius 1 is 1.35 bits per heavy atom. The van der Waals surface area contributed by atoms with E-state index in [1.54, 1.807) is 4.68 Å². The van der Waals surface area contributed by atoms with E-state index in [1.807, 2.05) is 33.3 Å². The number of hydrogen-bond donors (Lipinski definition) is 1. The zero-order valence-electron chi connectivity index (χ0n) is 15.3. The number of nitrogens with one attached hydrogen (secondary N) is 1. The van der Waals surface area contributed by atoms with Crippen LogP contribution in [0.5, 0.6) is 0 Å². The quantitative estimate of drug-likeness (QED) is 0.642. The molecule has 0 radical (unpaired) electrons. The first-order chi connectivity index (χ1) is 12.5. The number of aromatic nitrogens is 4. The van der Waals surface area contributed by atoms with Gasteiger partial charge in [-0.1, -0.05) is 0 Å². The number of carbonyl (C=O) groups excluding carboxylic acids is 1. The summed E-state index contributed by atoms with van der Waals surface area (Å²) in [5.41, 5.74) is 2.08. The maximum Gasteiger partial charge on any atom is 0.262 e. The first-order valence-corrected chi connectivity index (χ1v) is 9.46. The van der Waals surface area contributed by atoms with Crippen LogP contribution in [0.15, 0.2) is 23.5 Å². The third kappa shape index (κ3) is 4.01. The van der Waals surface area contributed by atoms with Gasteiger partial charge in [0.1, 0.15) is 4.83 Å². The van der Waals surface area contributed by atoms with Gasteiger partial charge in [0.05, 0.1) is 17.9 Å². The molecule has 0 aromatic carbocycles. The number of thiophene rings is 1. The molecule has 0 saturated carbocycles. The molecule has 0 fully saturated rings. The standard InChI is InChI=1S/C18H23N5O2S/c1-12-13(2)26-17-16(12)18(25)23(11-20-17)8-6-15(24)19-7-4-5-14-9-21-22(3)10-14/h9-11H,4-8H2,1-3H3,(H,19,24). The van der Waals surface area contributed by atoms with Crippen molar-refractivity contribution in [2.24, 2.45) is 7.05 Å². The minimum absolute atomic E-state index is 0.0543. The minimum atomic E-state index is -0.0683. The largest absolute Gasteiger partial charge is 0.356 e. The van der Waals surface area contributed by atoms with Gasteiger partial charge in [-0.3, -0.25) is 18.8 Å². The number of carbonyl (C=O) groups is 1. The fraction of sp³-hybridized carbons (Fsp3) is 0.444. The number of nitrogens with zero attached hydrogens (tertiary/aromatic N) is 4. The Morgan fingerprint density at radius 2 is 2.15 bits per heavy atom. The van der Waals surface area contributed by atoms with Crippen LogP contribution in [0.2, 0.25) is 0 Å². The van der Waals surface area contributed by atoms with Gasteiger partial charge in [0, 0.05) is 37.6 Å². The first kappa shape index (κ1) is 18.3. The summed E-state index contributed by atoms with van der Waals surface area (Å²) in [6, 6.07) is 0. The molecule has 0 aliphatic carbocycles. The Balaban J connectivity index is 1.50. The summed E-state index contributed by atoms with van der Waals surface area (Å²) in [4.78, 5) is 30.8. The molecule has 3 heterocycles. The molecule has 3 aromatic rings. The van der Waals surface area contributed by atoms with E-state index >= 15 is 0 Å². The second kappa shape index (κ2) is 7.82. The molecule has 0 spiro atoms. The fourth-order valence-corrected chi connectivity index (χ4v) is 3.85. The third-order valence-electron chi connectivity index (χ3n) is 4.46. The lowest BCUT2D eigenvalue weighted by atomic mass is 10.2. The molecule has 0 aliphatic heterocycles. The van der Waals surface area contributed by atoms with Crippen LogP contribution in [-0.2, 0) is 24.8 Å². The smallest absolute Gasteiger partial charge is 0.262 e. The normalized spacial score (nSPS) is 11.2. The van der Waals surface area contributed by atoms with Crippen molar-refractivity contribution in [3.63, 3.8) is 0 Å².